The van der Waals surface area contributed by atoms with Gasteiger partial charge in [-0.1, -0.05) is 64.7 Å². The predicted molar refractivity (Wildman–Crippen MR) is 68.5 cm³/mol. The van der Waals surface area contributed by atoms with E-state index in [-0.39, 0.29) is 25.4 Å². The third kappa shape index (κ3) is 18.6. The molecule has 0 saturated heterocycles. The molecule has 0 aliphatic heterocycles. The summed E-state index contributed by atoms with van der Waals surface area (Å²) in [6.07, 6.45) is 13.1. The first-order valence-corrected chi connectivity index (χ1v) is 6.90. The first kappa shape index (κ1) is 19.4. The van der Waals surface area contributed by atoms with Gasteiger partial charge < -0.3 is 4.74 Å². The molecule has 0 aromatic heterocycles. The first-order valence-electron chi connectivity index (χ1n) is 6.90. The van der Waals surface area contributed by atoms with Crippen LogP contribution in [0.2, 0.25) is 0 Å². The molecule has 0 unspecified atom stereocenters. The molecule has 3 heteroatoms. The van der Waals surface area contributed by atoms with E-state index in [2.05, 4.69) is 6.92 Å². The zero-order valence-corrected chi connectivity index (χ0v) is 14.8. The minimum Gasteiger partial charge on any atom is -0.466 e. The monoisotopic (exact) mass is 292 g/mol. The van der Waals surface area contributed by atoms with Gasteiger partial charge in [0.1, 0.15) is 0 Å². The summed E-state index contributed by atoms with van der Waals surface area (Å²) in [5.41, 5.74) is 0. The number of hydrogen-bond donors (Lipinski definition) is 0. The average molecular weight is 294 g/mol. The molecule has 2 nitrogen and oxygen atoms in total. The van der Waals surface area contributed by atoms with E-state index >= 15 is 0 Å². The molecule has 0 spiro atoms. The quantitative estimate of drug-likeness (QED) is 0.319. The van der Waals surface area contributed by atoms with Crippen LogP contribution in [0.3, 0.4) is 0 Å². The summed E-state index contributed by atoms with van der Waals surface area (Å²) in [6.45, 7) is 4.32. The van der Waals surface area contributed by atoms with Crippen LogP contribution in [0.15, 0.2) is 0 Å². The summed E-state index contributed by atoms with van der Waals surface area (Å²) in [4.78, 5) is 10.5. The summed E-state index contributed by atoms with van der Waals surface area (Å²) < 4.78 is 4.87. The molecule has 0 aromatic carbocycles. The second kappa shape index (κ2) is 16.1. The Bertz CT molecular complexity index is 160. The Morgan fingerprint density at radius 3 is 1.65 bits per heavy atom. The van der Waals surface area contributed by atoms with Crippen molar-refractivity contribution in [3.63, 3.8) is 0 Å². The molecule has 0 radical (unpaired) electrons. The second-order valence-electron chi connectivity index (χ2n) is 4.52. The van der Waals surface area contributed by atoms with Gasteiger partial charge in [-0.3, -0.25) is 4.79 Å². The summed E-state index contributed by atoms with van der Waals surface area (Å²) in [7, 11) is 0. The van der Waals surface area contributed by atoms with Gasteiger partial charge in [-0.2, -0.15) is 0 Å². The van der Waals surface area contributed by atoms with Gasteiger partial charge in [0, 0.05) is 26.4 Å². The number of rotatable bonds is 11. The fourth-order valence-electron chi connectivity index (χ4n) is 1.81. The van der Waals surface area contributed by atoms with Crippen molar-refractivity contribution < 1.29 is 29.0 Å². The predicted octanol–water partition coefficient (Wildman–Crippen LogP) is 4.47. The second-order valence-corrected chi connectivity index (χ2v) is 4.52. The summed E-state index contributed by atoms with van der Waals surface area (Å²) in [6, 6.07) is 0. The van der Waals surface area contributed by atoms with Gasteiger partial charge in [0.05, 0.1) is 6.61 Å². The fraction of sp³-hybridized carbons (Fsp3) is 0.929. The van der Waals surface area contributed by atoms with E-state index in [9.17, 15) is 4.79 Å². The minimum absolute atomic E-state index is 0. The van der Waals surface area contributed by atoms with Crippen molar-refractivity contribution in [3.05, 3.63) is 0 Å². The summed E-state index contributed by atoms with van der Waals surface area (Å²) in [5.74, 6) is -0.157. The van der Waals surface area contributed by atoms with E-state index in [0.29, 0.717) is 6.61 Å². The van der Waals surface area contributed by atoms with Crippen molar-refractivity contribution in [2.75, 3.05) is 6.61 Å². The Hall–Kier alpha value is 0.0934. The zero-order chi connectivity index (χ0) is 12.1. The number of unbranched alkanes of at least 4 members (excludes halogenated alkanes) is 9. The summed E-state index contributed by atoms with van der Waals surface area (Å²) >= 11 is 0. The smallest absolute Gasteiger partial charge is 0.302 e. The van der Waals surface area contributed by atoms with Gasteiger partial charge in [0.2, 0.25) is 0 Å². The van der Waals surface area contributed by atoms with E-state index < -0.39 is 0 Å². The van der Waals surface area contributed by atoms with E-state index in [1.807, 2.05) is 0 Å². The van der Waals surface area contributed by atoms with Crippen molar-refractivity contribution in [1.29, 1.82) is 0 Å². The first-order chi connectivity index (χ1) is 7.77. The van der Waals surface area contributed by atoms with Crippen molar-refractivity contribution in [1.82, 2.24) is 0 Å². The normalized spacial score (nSPS) is 9.76. The maximum Gasteiger partial charge on any atom is 0.302 e. The number of carbonyl (C=O) groups is 1. The van der Waals surface area contributed by atoms with Gasteiger partial charge in [-0.05, 0) is 6.42 Å². The molecule has 0 N–H and O–H groups in total. The van der Waals surface area contributed by atoms with Crippen molar-refractivity contribution in [2.24, 2.45) is 0 Å². The number of esters is 1. The Balaban J connectivity index is 0. The largest absolute Gasteiger partial charge is 0.466 e. The molecule has 0 aromatic rings. The molecule has 0 atom stereocenters. The molecular formula is C14H28O2Zn. The maximum absolute atomic E-state index is 10.5. The third-order valence-corrected chi connectivity index (χ3v) is 2.80. The molecule has 0 saturated carbocycles. The van der Waals surface area contributed by atoms with Crippen molar-refractivity contribution in [3.8, 4) is 0 Å². The SMILES string of the molecule is CCCCCCCCCCCCOC(C)=O.[Zn]. The van der Waals surface area contributed by atoms with Crippen LogP contribution in [0, 0.1) is 0 Å². The zero-order valence-electron chi connectivity index (χ0n) is 11.8. The third-order valence-electron chi connectivity index (χ3n) is 2.80. The van der Waals surface area contributed by atoms with Crippen LogP contribution >= 0.6 is 0 Å². The molecule has 0 amide bonds. The van der Waals surface area contributed by atoms with Crippen LogP contribution in [0.4, 0.5) is 0 Å². The molecule has 0 bridgehead atoms. The van der Waals surface area contributed by atoms with Crippen LogP contribution in [0.25, 0.3) is 0 Å². The fourth-order valence-corrected chi connectivity index (χ4v) is 1.81. The van der Waals surface area contributed by atoms with Gasteiger partial charge in [0.15, 0.2) is 0 Å². The van der Waals surface area contributed by atoms with Crippen LogP contribution in [-0.2, 0) is 29.0 Å². The molecule has 0 rings (SSSR count). The van der Waals surface area contributed by atoms with Crippen LogP contribution < -0.4 is 0 Å². The number of hydrogen-bond acceptors (Lipinski definition) is 2. The average Bonchev–Trinajstić information content (AvgIpc) is 2.25. The van der Waals surface area contributed by atoms with Crippen molar-refractivity contribution in [2.45, 2.75) is 78.1 Å². The number of carbonyl (C=O) groups excluding carboxylic acids is 1. The minimum atomic E-state index is -0.157. The number of ether oxygens (including phenoxy) is 1. The standard InChI is InChI=1S/C14H28O2.Zn/c1-3-4-5-6-7-8-9-10-11-12-13-16-14(2)15;/h3-13H2,1-2H3;. The van der Waals surface area contributed by atoms with Crippen LogP contribution in [0.5, 0.6) is 0 Å². The Labute approximate surface area is 120 Å². The van der Waals surface area contributed by atoms with Gasteiger partial charge in [-0.15, -0.1) is 0 Å². The van der Waals surface area contributed by atoms with Gasteiger partial charge in [-0.25, -0.2) is 0 Å². The molecule has 0 aliphatic carbocycles. The molecule has 0 fully saturated rings. The summed E-state index contributed by atoms with van der Waals surface area (Å²) in [5, 5.41) is 0. The molecule has 17 heavy (non-hydrogen) atoms. The van der Waals surface area contributed by atoms with Crippen LogP contribution in [0.1, 0.15) is 78.1 Å². The van der Waals surface area contributed by atoms with E-state index in [4.69, 9.17) is 4.74 Å². The van der Waals surface area contributed by atoms with E-state index in [0.717, 1.165) is 6.42 Å². The topological polar surface area (TPSA) is 26.3 Å². The molecular weight excluding hydrogens is 266 g/mol. The van der Waals surface area contributed by atoms with E-state index in [1.54, 1.807) is 0 Å². The van der Waals surface area contributed by atoms with E-state index in [1.165, 1.54) is 64.7 Å². The van der Waals surface area contributed by atoms with Crippen LogP contribution in [-0.4, -0.2) is 12.6 Å². The Morgan fingerprint density at radius 1 is 0.824 bits per heavy atom. The van der Waals surface area contributed by atoms with Gasteiger partial charge >= 0.3 is 5.97 Å². The Kier molecular flexibility index (Phi) is 18.4. The molecule has 98 valence electrons. The molecule has 0 heterocycles. The van der Waals surface area contributed by atoms with Gasteiger partial charge in [0.25, 0.3) is 0 Å². The Morgan fingerprint density at radius 2 is 1.24 bits per heavy atom. The van der Waals surface area contributed by atoms with Crippen molar-refractivity contribution >= 4 is 5.97 Å². The molecule has 0 aliphatic rings. The maximum atomic E-state index is 10.5.